The quantitative estimate of drug-likeness (QED) is 0.857. The van der Waals surface area contributed by atoms with E-state index in [-0.39, 0.29) is 4.90 Å². The van der Waals surface area contributed by atoms with Crippen LogP contribution in [0.5, 0.6) is 0 Å². The zero-order valence-electron chi connectivity index (χ0n) is 7.82. The van der Waals surface area contributed by atoms with Crippen molar-refractivity contribution in [2.24, 2.45) is 5.14 Å². The summed E-state index contributed by atoms with van der Waals surface area (Å²) in [5, 5.41) is 6.26. The van der Waals surface area contributed by atoms with Gasteiger partial charge in [0.15, 0.2) is 0 Å². The van der Waals surface area contributed by atoms with Crippen molar-refractivity contribution in [3.63, 3.8) is 0 Å². The Labute approximate surface area is 96.5 Å². The van der Waals surface area contributed by atoms with E-state index in [0.29, 0.717) is 15.3 Å². The van der Waals surface area contributed by atoms with E-state index in [9.17, 15) is 8.42 Å². The molecule has 0 aliphatic carbocycles. The number of hydrogen-bond acceptors (Lipinski definition) is 3. The third-order valence-electron chi connectivity index (χ3n) is 2.05. The van der Waals surface area contributed by atoms with Crippen LogP contribution < -0.4 is 5.14 Å². The van der Waals surface area contributed by atoms with Crippen molar-refractivity contribution in [3.8, 4) is 0 Å². The average Bonchev–Trinajstić information content (AvgIpc) is 2.38. The molecule has 1 aromatic carbocycles. The highest BCUT2D eigenvalue weighted by molar-refractivity contribution is 7.89. The smallest absolute Gasteiger partial charge is 0.225 e. The Balaban J connectivity index is 2.95. The lowest BCUT2D eigenvalue weighted by Crippen LogP contribution is -2.12. The summed E-state index contributed by atoms with van der Waals surface area (Å²) in [6.07, 6.45) is 0. The maximum absolute atomic E-state index is 11.4. The van der Waals surface area contributed by atoms with Crippen molar-refractivity contribution < 1.29 is 8.42 Å². The average molecular weight is 262 g/mol. The SMILES string of the molecule is Cc1sc2ccc(Cl)cc2c1S(N)(=O)=O. The summed E-state index contributed by atoms with van der Waals surface area (Å²) in [6, 6.07) is 5.15. The molecule has 0 spiro atoms. The maximum Gasteiger partial charge on any atom is 0.239 e. The Kier molecular flexibility index (Phi) is 2.50. The molecule has 2 rings (SSSR count). The summed E-state index contributed by atoms with van der Waals surface area (Å²) < 4.78 is 23.6. The molecule has 2 N–H and O–H groups in total. The fourth-order valence-electron chi connectivity index (χ4n) is 1.52. The molecule has 15 heavy (non-hydrogen) atoms. The first-order chi connectivity index (χ1) is 6.89. The van der Waals surface area contributed by atoms with Crippen molar-refractivity contribution >= 4 is 43.0 Å². The normalized spacial score (nSPS) is 12.2. The van der Waals surface area contributed by atoms with Crippen LogP contribution in [0, 0.1) is 6.92 Å². The number of aryl methyl sites for hydroxylation is 1. The number of rotatable bonds is 1. The minimum absolute atomic E-state index is 0.185. The van der Waals surface area contributed by atoms with Crippen molar-refractivity contribution in [2.45, 2.75) is 11.8 Å². The summed E-state index contributed by atoms with van der Waals surface area (Å²) in [5.74, 6) is 0. The minimum Gasteiger partial charge on any atom is -0.225 e. The lowest BCUT2D eigenvalue weighted by molar-refractivity contribution is 0.598. The van der Waals surface area contributed by atoms with E-state index < -0.39 is 10.0 Å². The highest BCUT2D eigenvalue weighted by Gasteiger charge is 2.18. The maximum atomic E-state index is 11.4. The third-order valence-corrected chi connectivity index (χ3v) is 4.60. The number of benzene rings is 1. The van der Waals surface area contributed by atoms with E-state index in [1.807, 2.05) is 0 Å². The summed E-state index contributed by atoms with van der Waals surface area (Å²) >= 11 is 7.22. The van der Waals surface area contributed by atoms with Crippen LogP contribution in [0.2, 0.25) is 5.02 Å². The van der Waals surface area contributed by atoms with Crippen LogP contribution >= 0.6 is 22.9 Å². The first kappa shape index (κ1) is 10.9. The Morgan fingerprint density at radius 3 is 2.67 bits per heavy atom. The van der Waals surface area contributed by atoms with Gasteiger partial charge in [0.1, 0.15) is 4.90 Å². The number of fused-ring (bicyclic) bond motifs is 1. The molecule has 0 atom stereocenters. The standard InChI is InChI=1S/C9H8ClNO2S2/c1-5-9(15(11,12)13)7-4-6(10)2-3-8(7)14-5/h2-4H,1H3,(H2,11,12,13). The number of primary sulfonamides is 1. The predicted octanol–water partition coefficient (Wildman–Crippen LogP) is 2.51. The first-order valence-corrected chi connectivity index (χ1v) is 6.85. The van der Waals surface area contributed by atoms with E-state index in [0.717, 1.165) is 4.70 Å². The van der Waals surface area contributed by atoms with Gasteiger partial charge in [0.2, 0.25) is 10.0 Å². The van der Waals surface area contributed by atoms with E-state index in [1.54, 1.807) is 25.1 Å². The molecule has 6 heteroatoms. The summed E-state index contributed by atoms with van der Waals surface area (Å²) in [4.78, 5) is 0.875. The van der Waals surface area contributed by atoms with Crippen LogP contribution in [0.1, 0.15) is 4.88 Å². The second-order valence-corrected chi connectivity index (χ2v) is 6.36. The molecule has 3 nitrogen and oxygen atoms in total. The van der Waals surface area contributed by atoms with Crippen LogP contribution in [0.15, 0.2) is 23.1 Å². The van der Waals surface area contributed by atoms with E-state index in [1.165, 1.54) is 11.3 Å². The minimum atomic E-state index is -3.68. The van der Waals surface area contributed by atoms with Gasteiger partial charge in [-0.25, -0.2) is 13.6 Å². The molecule has 80 valence electrons. The second kappa shape index (κ2) is 3.45. The second-order valence-electron chi connectivity index (χ2n) is 3.17. The molecule has 0 amide bonds. The number of halogens is 1. The van der Waals surface area contributed by atoms with Gasteiger partial charge in [-0.05, 0) is 25.1 Å². The van der Waals surface area contributed by atoms with E-state index >= 15 is 0 Å². The molecule has 0 aliphatic rings. The van der Waals surface area contributed by atoms with Gasteiger partial charge in [-0.2, -0.15) is 0 Å². The Morgan fingerprint density at radius 2 is 2.07 bits per heavy atom. The fourth-order valence-corrected chi connectivity index (χ4v) is 4.05. The van der Waals surface area contributed by atoms with Gasteiger partial charge in [0.05, 0.1) is 0 Å². The van der Waals surface area contributed by atoms with Gasteiger partial charge < -0.3 is 0 Å². The molecular formula is C9H8ClNO2S2. The molecule has 0 saturated carbocycles. The van der Waals surface area contributed by atoms with Crippen LogP contribution in [0.25, 0.3) is 10.1 Å². The van der Waals surface area contributed by atoms with Crippen LogP contribution in [-0.4, -0.2) is 8.42 Å². The summed E-state index contributed by atoms with van der Waals surface area (Å²) in [7, 11) is -3.68. The largest absolute Gasteiger partial charge is 0.239 e. The summed E-state index contributed by atoms with van der Waals surface area (Å²) in [6.45, 7) is 1.73. The lowest BCUT2D eigenvalue weighted by Gasteiger charge is -1.97. The van der Waals surface area contributed by atoms with E-state index in [4.69, 9.17) is 16.7 Å². The number of thiophene rings is 1. The van der Waals surface area contributed by atoms with Crippen LogP contribution in [0.3, 0.4) is 0 Å². The van der Waals surface area contributed by atoms with Crippen molar-refractivity contribution in [1.29, 1.82) is 0 Å². The first-order valence-electron chi connectivity index (χ1n) is 4.11. The fraction of sp³-hybridized carbons (Fsp3) is 0.111. The Bertz CT molecular complexity index is 631. The number of hydrogen-bond donors (Lipinski definition) is 1. The molecule has 0 unspecified atom stereocenters. The molecule has 0 aliphatic heterocycles. The highest BCUT2D eigenvalue weighted by atomic mass is 35.5. The van der Waals surface area contributed by atoms with Crippen molar-refractivity contribution in [3.05, 3.63) is 28.1 Å². The molecule has 2 aromatic rings. The zero-order valence-corrected chi connectivity index (χ0v) is 10.2. The highest BCUT2D eigenvalue weighted by Crippen LogP contribution is 2.34. The third kappa shape index (κ3) is 1.88. The Morgan fingerprint density at radius 1 is 1.40 bits per heavy atom. The Hall–Kier alpha value is -0.620. The van der Waals surface area contributed by atoms with Gasteiger partial charge in [-0.3, -0.25) is 0 Å². The molecule has 1 heterocycles. The topological polar surface area (TPSA) is 60.2 Å². The number of sulfonamides is 1. The van der Waals surface area contributed by atoms with Gasteiger partial charge in [-0.15, -0.1) is 11.3 Å². The lowest BCUT2D eigenvalue weighted by atomic mass is 10.2. The van der Waals surface area contributed by atoms with Gasteiger partial charge in [0, 0.05) is 20.0 Å². The van der Waals surface area contributed by atoms with E-state index in [2.05, 4.69) is 0 Å². The molecular weight excluding hydrogens is 254 g/mol. The van der Waals surface area contributed by atoms with Crippen molar-refractivity contribution in [1.82, 2.24) is 0 Å². The molecule has 0 fully saturated rings. The van der Waals surface area contributed by atoms with Crippen LogP contribution in [0.4, 0.5) is 0 Å². The molecule has 0 saturated heterocycles. The van der Waals surface area contributed by atoms with Crippen molar-refractivity contribution in [2.75, 3.05) is 0 Å². The summed E-state index contributed by atoms with van der Waals surface area (Å²) in [5.41, 5.74) is 0. The molecule has 1 aromatic heterocycles. The van der Waals surface area contributed by atoms with Crippen LogP contribution in [-0.2, 0) is 10.0 Å². The predicted molar refractivity (Wildman–Crippen MR) is 62.9 cm³/mol. The van der Waals surface area contributed by atoms with Gasteiger partial charge in [-0.1, -0.05) is 11.6 Å². The molecule has 0 radical (unpaired) electrons. The number of nitrogens with two attached hydrogens (primary N) is 1. The monoisotopic (exact) mass is 261 g/mol. The van der Waals surface area contributed by atoms with Gasteiger partial charge >= 0.3 is 0 Å². The van der Waals surface area contributed by atoms with Gasteiger partial charge in [0.25, 0.3) is 0 Å². The molecule has 0 bridgehead atoms. The zero-order chi connectivity index (χ0) is 11.2.